The highest BCUT2D eigenvalue weighted by atomic mass is 32.2. The summed E-state index contributed by atoms with van der Waals surface area (Å²) in [5, 5.41) is 6.18. The minimum Gasteiger partial charge on any atom is -0.445 e. The molecule has 9 nitrogen and oxygen atoms in total. The molecule has 10 heteroatoms. The number of anilines is 1. The first-order valence-electron chi connectivity index (χ1n) is 10.8. The zero-order valence-electron chi connectivity index (χ0n) is 19.2. The molecule has 0 aliphatic heterocycles. The summed E-state index contributed by atoms with van der Waals surface area (Å²) in [6.45, 7) is 1.31. The number of nitrogens with one attached hydrogen (secondary N) is 2. The fourth-order valence-electron chi connectivity index (χ4n) is 3.40. The molecule has 34 heavy (non-hydrogen) atoms. The number of amides is 2. The Kier molecular flexibility index (Phi) is 8.67. The molecule has 0 aliphatic rings. The van der Waals surface area contributed by atoms with Crippen LogP contribution in [0.15, 0.2) is 60.8 Å². The number of rotatable bonds is 11. The molecule has 1 unspecified atom stereocenters. The van der Waals surface area contributed by atoms with Crippen LogP contribution in [-0.4, -0.2) is 56.8 Å². The molecule has 3 aromatic rings. The lowest BCUT2D eigenvalue weighted by Crippen LogP contribution is -2.45. The van der Waals surface area contributed by atoms with Crippen molar-refractivity contribution >= 4 is 38.4 Å². The van der Waals surface area contributed by atoms with Crippen LogP contribution in [0, 0.1) is 0 Å². The van der Waals surface area contributed by atoms with Crippen molar-refractivity contribution in [1.29, 1.82) is 0 Å². The van der Waals surface area contributed by atoms with Crippen LogP contribution in [0.1, 0.15) is 12.0 Å². The van der Waals surface area contributed by atoms with Gasteiger partial charge in [0, 0.05) is 42.7 Å². The van der Waals surface area contributed by atoms with Gasteiger partial charge in [-0.15, -0.1) is 0 Å². The summed E-state index contributed by atoms with van der Waals surface area (Å²) < 4.78 is 35.7. The summed E-state index contributed by atoms with van der Waals surface area (Å²) in [5.74, 6) is -0.788. The fourth-order valence-corrected chi connectivity index (χ4v) is 4.06. The first-order valence-corrected chi connectivity index (χ1v) is 12.8. The van der Waals surface area contributed by atoms with Gasteiger partial charge in [0.05, 0.1) is 12.4 Å². The van der Waals surface area contributed by atoms with E-state index in [0.717, 1.165) is 22.7 Å². The number of ether oxygens (including phenoxy) is 2. The zero-order chi connectivity index (χ0) is 24.6. The largest absolute Gasteiger partial charge is 0.445 e. The highest BCUT2D eigenvalue weighted by Crippen LogP contribution is 2.21. The number of carbonyl (C=O) groups is 2. The average molecular weight is 488 g/mol. The molecule has 0 spiro atoms. The molecule has 1 heterocycles. The van der Waals surface area contributed by atoms with Crippen molar-refractivity contribution < 1.29 is 27.5 Å². The van der Waals surface area contributed by atoms with E-state index in [9.17, 15) is 18.0 Å². The number of alkyl carbamates (subject to hydrolysis) is 1. The second-order valence-corrected chi connectivity index (χ2v) is 10.2. The number of methoxy groups -OCH3 is 1. The Morgan fingerprint density at radius 2 is 1.85 bits per heavy atom. The van der Waals surface area contributed by atoms with Gasteiger partial charge in [-0.3, -0.25) is 4.79 Å². The van der Waals surface area contributed by atoms with Crippen molar-refractivity contribution in [2.24, 2.45) is 0 Å². The normalized spacial score (nSPS) is 12.3. The van der Waals surface area contributed by atoms with Gasteiger partial charge in [-0.2, -0.15) is 0 Å². The van der Waals surface area contributed by atoms with Crippen LogP contribution in [0.3, 0.4) is 0 Å². The SMILES string of the molecule is COCCn1ccc2cc(NC(=O)C(CCS(C)(=O)=O)NC(=O)OCc3ccccc3)ccc21. The first kappa shape index (κ1) is 25.3. The summed E-state index contributed by atoms with van der Waals surface area (Å²) in [7, 11) is -1.69. The third kappa shape index (κ3) is 7.60. The quantitative estimate of drug-likeness (QED) is 0.430. The number of benzene rings is 2. The lowest BCUT2D eigenvalue weighted by atomic mass is 10.2. The molecule has 2 N–H and O–H groups in total. The second-order valence-electron chi connectivity index (χ2n) is 7.94. The summed E-state index contributed by atoms with van der Waals surface area (Å²) >= 11 is 0. The lowest BCUT2D eigenvalue weighted by molar-refractivity contribution is -0.118. The Hall–Kier alpha value is -3.37. The molecule has 0 fully saturated rings. The van der Waals surface area contributed by atoms with Crippen molar-refractivity contribution in [3.63, 3.8) is 0 Å². The highest BCUT2D eigenvalue weighted by Gasteiger charge is 2.23. The van der Waals surface area contributed by atoms with Crippen LogP contribution < -0.4 is 10.6 Å². The number of fused-ring (bicyclic) bond motifs is 1. The van der Waals surface area contributed by atoms with E-state index in [1.54, 1.807) is 25.3 Å². The van der Waals surface area contributed by atoms with Crippen molar-refractivity contribution in [1.82, 2.24) is 9.88 Å². The minimum atomic E-state index is -3.34. The van der Waals surface area contributed by atoms with Gasteiger partial charge in [-0.05, 0) is 36.2 Å². The Balaban J connectivity index is 1.67. The Labute approximate surface area is 199 Å². The third-order valence-electron chi connectivity index (χ3n) is 5.17. The molecule has 2 aromatic carbocycles. The summed E-state index contributed by atoms with van der Waals surface area (Å²) in [4.78, 5) is 25.2. The van der Waals surface area contributed by atoms with Gasteiger partial charge in [-0.1, -0.05) is 30.3 Å². The lowest BCUT2D eigenvalue weighted by Gasteiger charge is -2.18. The maximum atomic E-state index is 12.9. The van der Waals surface area contributed by atoms with E-state index in [0.29, 0.717) is 18.8 Å². The first-order chi connectivity index (χ1) is 16.2. The molecule has 2 amide bonds. The molecular weight excluding hydrogens is 458 g/mol. The van der Waals surface area contributed by atoms with Crippen LogP contribution in [0.4, 0.5) is 10.5 Å². The molecule has 0 aliphatic carbocycles. The van der Waals surface area contributed by atoms with E-state index in [1.807, 2.05) is 47.2 Å². The summed E-state index contributed by atoms with van der Waals surface area (Å²) in [6, 6.07) is 15.4. The monoisotopic (exact) mass is 487 g/mol. The zero-order valence-corrected chi connectivity index (χ0v) is 20.0. The molecule has 0 bridgehead atoms. The van der Waals surface area contributed by atoms with Gasteiger partial charge in [0.25, 0.3) is 0 Å². The van der Waals surface area contributed by atoms with Gasteiger partial charge in [0.15, 0.2) is 0 Å². The predicted molar refractivity (Wildman–Crippen MR) is 130 cm³/mol. The molecule has 0 radical (unpaired) electrons. The average Bonchev–Trinajstić information content (AvgIpc) is 3.21. The topological polar surface area (TPSA) is 116 Å². The van der Waals surface area contributed by atoms with Gasteiger partial charge >= 0.3 is 6.09 Å². The van der Waals surface area contributed by atoms with E-state index in [2.05, 4.69) is 10.6 Å². The second kappa shape index (κ2) is 11.7. The van der Waals surface area contributed by atoms with Gasteiger partial charge < -0.3 is 24.7 Å². The van der Waals surface area contributed by atoms with E-state index in [4.69, 9.17) is 9.47 Å². The molecule has 1 aromatic heterocycles. The fraction of sp³-hybridized carbons (Fsp3) is 0.333. The number of carbonyl (C=O) groups excluding carboxylic acids is 2. The molecule has 1 atom stereocenters. The van der Waals surface area contributed by atoms with E-state index < -0.39 is 27.9 Å². The van der Waals surface area contributed by atoms with E-state index in [-0.39, 0.29) is 18.8 Å². The van der Waals surface area contributed by atoms with Crippen molar-refractivity contribution in [2.75, 3.05) is 31.0 Å². The Morgan fingerprint density at radius 3 is 2.56 bits per heavy atom. The van der Waals surface area contributed by atoms with Crippen molar-refractivity contribution in [2.45, 2.75) is 25.6 Å². The van der Waals surface area contributed by atoms with Crippen LogP contribution in [0.25, 0.3) is 10.9 Å². The Morgan fingerprint density at radius 1 is 1.09 bits per heavy atom. The Bertz CT molecular complexity index is 1220. The number of aromatic nitrogens is 1. The van der Waals surface area contributed by atoms with E-state index >= 15 is 0 Å². The van der Waals surface area contributed by atoms with Gasteiger partial charge in [0.2, 0.25) is 5.91 Å². The molecular formula is C24H29N3O6S. The maximum Gasteiger partial charge on any atom is 0.408 e. The van der Waals surface area contributed by atoms with Crippen molar-refractivity contribution in [3.8, 4) is 0 Å². The maximum absolute atomic E-state index is 12.9. The molecule has 182 valence electrons. The number of sulfone groups is 1. The van der Waals surface area contributed by atoms with Gasteiger partial charge in [0.1, 0.15) is 22.5 Å². The number of nitrogens with zero attached hydrogens (tertiary/aromatic N) is 1. The third-order valence-corrected chi connectivity index (χ3v) is 6.15. The van der Waals surface area contributed by atoms with Gasteiger partial charge in [-0.25, -0.2) is 13.2 Å². The van der Waals surface area contributed by atoms with Crippen molar-refractivity contribution in [3.05, 3.63) is 66.4 Å². The minimum absolute atomic E-state index is 0.0316. The standard InChI is InChI=1S/C24H29N3O6S/c1-32-14-13-27-12-10-19-16-20(8-9-22(19)27)25-23(28)21(11-15-34(2,30)31)26-24(29)33-17-18-6-4-3-5-7-18/h3-10,12,16,21H,11,13-15,17H2,1-2H3,(H,25,28)(H,26,29). The van der Waals surface area contributed by atoms with Crippen LogP contribution >= 0.6 is 0 Å². The van der Waals surface area contributed by atoms with Crippen LogP contribution in [0.5, 0.6) is 0 Å². The van der Waals surface area contributed by atoms with Crippen LogP contribution in [-0.2, 0) is 37.3 Å². The summed E-state index contributed by atoms with van der Waals surface area (Å²) in [5.41, 5.74) is 2.32. The predicted octanol–water partition coefficient (Wildman–Crippen LogP) is 2.96. The molecule has 3 rings (SSSR count). The summed E-state index contributed by atoms with van der Waals surface area (Å²) in [6.07, 6.45) is 2.13. The van der Waals surface area contributed by atoms with Crippen LogP contribution in [0.2, 0.25) is 0 Å². The highest BCUT2D eigenvalue weighted by molar-refractivity contribution is 7.90. The number of hydrogen-bond acceptors (Lipinski definition) is 6. The molecule has 0 saturated carbocycles. The number of hydrogen-bond donors (Lipinski definition) is 2. The smallest absolute Gasteiger partial charge is 0.408 e. The molecule has 0 saturated heterocycles. The van der Waals surface area contributed by atoms with E-state index in [1.165, 1.54) is 0 Å².